The van der Waals surface area contributed by atoms with Gasteiger partial charge >= 0.3 is 0 Å². The SMILES string of the molecule is Cc1ccc(Br)cc1Nc1cc(Br)nc(C(C)(C)C)n1. The smallest absolute Gasteiger partial charge is 0.137 e. The van der Waals surface area contributed by atoms with Gasteiger partial charge in [0.1, 0.15) is 16.2 Å². The fourth-order valence-electron chi connectivity index (χ4n) is 1.68. The molecule has 0 fully saturated rings. The highest BCUT2D eigenvalue weighted by Gasteiger charge is 2.18. The monoisotopic (exact) mass is 397 g/mol. The Morgan fingerprint density at radius 1 is 1.05 bits per heavy atom. The van der Waals surface area contributed by atoms with Crippen molar-refractivity contribution >= 4 is 43.4 Å². The lowest BCUT2D eigenvalue weighted by atomic mass is 9.96. The van der Waals surface area contributed by atoms with Gasteiger partial charge in [0.25, 0.3) is 0 Å². The maximum absolute atomic E-state index is 4.60. The highest BCUT2D eigenvalue weighted by molar-refractivity contribution is 9.10. The van der Waals surface area contributed by atoms with E-state index in [2.05, 4.69) is 80.9 Å². The molecule has 5 heteroatoms. The van der Waals surface area contributed by atoms with E-state index in [9.17, 15) is 0 Å². The van der Waals surface area contributed by atoms with Crippen LogP contribution in [0.15, 0.2) is 33.3 Å². The van der Waals surface area contributed by atoms with Gasteiger partial charge in [-0.15, -0.1) is 0 Å². The predicted octanol–water partition coefficient (Wildman–Crippen LogP) is 5.35. The molecule has 0 aliphatic carbocycles. The Balaban J connectivity index is 2.39. The molecule has 2 rings (SSSR count). The Morgan fingerprint density at radius 3 is 2.40 bits per heavy atom. The van der Waals surface area contributed by atoms with Gasteiger partial charge in [-0.25, -0.2) is 9.97 Å². The first-order valence-corrected chi connectivity index (χ1v) is 7.92. The molecule has 2 aromatic rings. The maximum Gasteiger partial charge on any atom is 0.137 e. The summed E-state index contributed by atoms with van der Waals surface area (Å²) in [6.07, 6.45) is 0. The maximum atomic E-state index is 4.60. The van der Waals surface area contributed by atoms with Crippen LogP contribution in [0.1, 0.15) is 32.2 Å². The van der Waals surface area contributed by atoms with Gasteiger partial charge in [-0.05, 0) is 40.5 Å². The zero-order chi connectivity index (χ0) is 14.9. The van der Waals surface area contributed by atoms with Gasteiger partial charge in [0.2, 0.25) is 0 Å². The summed E-state index contributed by atoms with van der Waals surface area (Å²) >= 11 is 6.94. The van der Waals surface area contributed by atoms with E-state index in [4.69, 9.17) is 0 Å². The number of nitrogens with zero attached hydrogens (tertiary/aromatic N) is 2. The first kappa shape index (κ1) is 15.4. The number of aromatic nitrogens is 2. The van der Waals surface area contributed by atoms with Crippen LogP contribution in [0.4, 0.5) is 11.5 Å². The predicted molar refractivity (Wildman–Crippen MR) is 90.6 cm³/mol. The van der Waals surface area contributed by atoms with E-state index < -0.39 is 0 Å². The van der Waals surface area contributed by atoms with E-state index in [1.165, 1.54) is 5.56 Å². The summed E-state index contributed by atoms with van der Waals surface area (Å²) in [5, 5.41) is 3.36. The molecule has 0 bridgehead atoms. The van der Waals surface area contributed by atoms with Crippen molar-refractivity contribution in [3.8, 4) is 0 Å². The third-order valence-corrected chi connectivity index (χ3v) is 3.73. The van der Waals surface area contributed by atoms with Gasteiger partial charge in [0.15, 0.2) is 0 Å². The zero-order valence-corrected chi connectivity index (χ0v) is 15.1. The molecule has 1 N–H and O–H groups in total. The molecule has 0 spiro atoms. The van der Waals surface area contributed by atoms with E-state index in [1.807, 2.05) is 18.2 Å². The molecule has 0 atom stereocenters. The summed E-state index contributed by atoms with van der Waals surface area (Å²) in [6, 6.07) is 8.02. The molecule has 106 valence electrons. The van der Waals surface area contributed by atoms with Gasteiger partial charge in [0.05, 0.1) is 0 Å². The molecular weight excluding hydrogens is 382 g/mol. The highest BCUT2D eigenvalue weighted by Crippen LogP contribution is 2.27. The van der Waals surface area contributed by atoms with Crippen molar-refractivity contribution in [3.05, 3.63) is 44.7 Å². The Bertz CT molecular complexity index is 634. The van der Waals surface area contributed by atoms with E-state index in [0.717, 1.165) is 26.4 Å². The minimum absolute atomic E-state index is 0.0907. The summed E-state index contributed by atoms with van der Waals surface area (Å²) < 4.78 is 1.82. The average molecular weight is 399 g/mol. The minimum atomic E-state index is -0.0907. The Kier molecular flexibility index (Phi) is 4.49. The summed E-state index contributed by atoms with van der Waals surface area (Å²) in [5.41, 5.74) is 2.11. The third kappa shape index (κ3) is 3.79. The standard InChI is InChI=1S/C15H17Br2N3/c1-9-5-6-10(16)7-11(9)18-13-8-12(17)19-14(20-13)15(2,3)4/h5-8H,1-4H3,(H,18,19,20). The third-order valence-electron chi connectivity index (χ3n) is 2.83. The lowest BCUT2D eigenvalue weighted by Crippen LogP contribution is -2.17. The number of anilines is 2. The summed E-state index contributed by atoms with van der Waals surface area (Å²) in [4.78, 5) is 9.05. The number of halogens is 2. The van der Waals surface area contributed by atoms with Crippen LogP contribution in [0.3, 0.4) is 0 Å². The van der Waals surface area contributed by atoms with Crippen molar-refractivity contribution in [3.63, 3.8) is 0 Å². The second-order valence-corrected chi connectivity index (χ2v) is 7.46. The Morgan fingerprint density at radius 2 is 1.75 bits per heavy atom. The molecule has 20 heavy (non-hydrogen) atoms. The van der Waals surface area contributed by atoms with Crippen LogP contribution in [0.5, 0.6) is 0 Å². The van der Waals surface area contributed by atoms with Crippen LogP contribution in [0, 0.1) is 6.92 Å². The van der Waals surface area contributed by atoms with Crippen LogP contribution in [0.2, 0.25) is 0 Å². The zero-order valence-electron chi connectivity index (χ0n) is 12.0. The second kappa shape index (κ2) is 5.82. The fourth-order valence-corrected chi connectivity index (χ4v) is 2.43. The van der Waals surface area contributed by atoms with E-state index >= 15 is 0 Å². The molecule has 1 aromatic carbocycles. The molecule has 0 radical (unpaired) electrons. The lowest BCUT2D eigenvalue weighted by molar-refractivity contribution is 0.544. The normalized spacial score (nSPS) is 11.5. The molecule has 0 aliphatic rings. The van der Waals surface area contributed by atoms with Crippen molar-refractivity contribution in [2.24, 2.45) is 0 Å². The molecule has 0 unspecified atom stereocenters. The highest BCUT2D eigenvalue weighted by atomic mass is 79.9. The number of aryl methyl sites for hydroxylation is 1. The molecule has 0 aliphatic heterocycles. The number of nitrogens with one attached hydrogen (secondary N) is 1. The van der Waals surface area contributed by atoms with Crippen LogP contribution < -0.4 is 5.32 Å². The lowest BCUT2D eigenvalue weighted by Gasteiger charge is -2.18. The van der Waals surface area contributed by atoms with Crippen molar-refractivity contribution in [1.82, 2.24) is 9.97 Å². The van der Waals surface area contributed by atoms with Crippen molar-refractivity contribution < 1.29 is 0 Å². The van der Waals surface area contributed by atoms with Gasteiger partial charge < -0.3 is 5.32 Å². The van der Waals surface area contributed by atoms with Gasteiger partial charge in [-0.3, -0.25) is 0 Å². The van der Waals surface area contributed by atoms with E-state index in [-0.39, 0.29) is 5.41 Å². The summed E-state index contributed by atoms with van der Waals surface area (Å²) in [6.45, 7) is 8.37. The van der Waals surface area contributed by atoms with Crippen LogP contribution in [0.25, 0.3) is 0 Å². The average Bonchev–Trinajstić information content (AvgIpc) is 2.32. The molecule has 1 aromatic heterocycles. The number of hydrogen-bond acceptors (Lipinski definition) is 3. The summed E-state index contributed by atoms with van der Waals surface area (Å²) in [7, 11) is 0. The first-order chi connectivity index (χ1) is 9.25. The first-order valence-electron chi connectivity index (χ1n) is 6.34. The Hall–Kier alpha value is -0.940. The van der Waals surface area contributed by atoms with Crippen molar-refractivity contribution in [2.45, 2.75) is 33.1 Å². The van der Waals surface area contributed by atoms with E-state index in [0.29, 0.717) is 0 Å². The largest absolute Gasteiger partial charge is 0.340 e. The quantitative estimate of drug-likeness (QED) is 0.692. The fraction of sp³-hybridized carbons (Fsp3) is 0.333. The molecule has 0 saturated heterocycles. The molecule has 1 heterocycles. The molecule has 0 amide bonds. The van der Waals surface area contributed by atoms with Gasteiger partial charge in [0, 0.05) is 21.6 Å². The van der Waals surface area contributed by atoms with Crippen LogP contribution >= 0.6 is 31.9 Å². The van der Waals surface area contributed by atoms with Crippen molar-refractivity contribution in [1.29, 1.82) is 0 Å². The van der Waals surface area contributed by atoms with Gasteiger partial charge in [-0.1, -0.05) is 42.8 Å². The van der Waals surface area contributed by atoms with Crippen LogP contribution in [-0.2, 0) is 5.41 Å². The van der Waals surface area contributed by atoms with Crippen molar-refractivity contribution in [2.75, 3.05) is 5.32 Å². The minimum Gasteiger partial charge on any atom is -0.340 e. The summed E-state index contributed by atoms with van der Waals surface area (Å²) in [5.74, 6) is 1.60. The van der Waals surface area contributed by atoms with Crippen LogP contribution in [-0.4, -0.2) is 9.97 Å². The number of benzene rings is 1. The van der Waals surface area contributed by atoms with Gasteiger partial charge in [-0.2, -0.15) is 0 Å². The number of hydrogen-bond donors (Lipinski definition) is 1. The molecule has 3 nitrogen and oxygen atoms in total. The molecular formula is C15H17Br2N3. The number of rotatable bonds is 2. The molecule has 0 saturated carbocycles. The Labute approximate surface area is 136 Å². The second-order valence-electron chi connectivity index (χ2n) is 5.73. The topological polar surface area (TPSA) is 37.8 Å². The van der Waals surface area contributed by atoms with E-state index in [1.54, 1.807) is 0 Å².